The molecule has 0 fully saturated rings. The number of anilines is 1. The third-order valence-electron chi connectivity index (χ3n) is 3.81. The maximum Gasteiger partial charge on any atom is 0.266 e. The number of aromatic amines is 1. The smallest absolute Gasteiger partial charge is 0.266 e. The number of aromatic nitrogens is 2. The summed E-state index contributed by atoms with van der Waals surface area (Å²) in [5.74, 6) is 7.39. The van der Waals surface area contributed by atoms with Crippen LogP contribution in [0.25, 0.3) is 10.9 Å². The molecule has 1 amide bonds. The zero-order chi connectivity index (χ0) is 19.1. The van der Waals surface area contributed by atoms with Gasteiger partial charge >= 0.3 is 0 Å². The average molecular weight is 363 g/mol. The maximum atomic E-state index is 12.4. The number of benzene rings is 2. The third kappa shape index (κ3) is 4.79. The predicted octanol–water partition coefficient (Wildman–Crippen LogP) is 3.76. The van der Waals surface area contributed by atoms with Crippen LogP contribution in [-0.2, 0) is 4.79 Å². The lowest BCUT2D eigenvalue weighted by molar-refractivity contribution is -0.122. The zero-order valence-corrected chi connectivity index (χ0v) is 15.3. The van der Waals surface area contributed by atoms with Crippen LogP contribution in [0.5, 0.6) is 11.5 Å². The fourth-order valence-corrected chi connectivity index (χ4v) is 2.45. The number of amides is 1. The highest BCUT2D eigenvalue weighted by molar-refractivity contribution is 6.01. The van der Waals surface area contributed by atoms with Crippen LogP contribution in [0.2, 0.25) is 0 Å². The number of ether oxygens (including phenoxy) is 2. The Morgan fingerprint density at radius 1 is 1.19 bits per heavy atom. The minimum Gasteiger partial charge on any atom is -0.481 e. The van der Waals surface area contributed by atoms with Crippen molar-refractivity contribution in [1.82, 2.24) is 10.2 Å². The molecule has 0 saturated carbocycles. The van der Waals surface area contributed by atoms with Gasteiger partial charge in [-0.25, -0.2) is 0 Å². The molecule has 1 heterocycles. The molecule has 1 unspecified atom stereocenters. The number of carbonyl (C=O) groups is 1. The van der Waals surface area contributed by atoms with Crippen LogP contribution in [0.1, 0.15) is 20.3 Å². The summed E-state index contributed by atoms with van der Waals surface area (Å²) in [6.07, 6.45) is 0.150. The van der Waals surface area contributed by atoms with Gasteiger partial charge in [-0.2, -0.15) is 5.10 Å². The molecule has 0 aliphatic carbocycles. The molecule has 0 spiro atoms. The second-order valence-corrected chi connectivity index (χ2v) is 5.84. The first kappa shape index (κ1) is 18.3. The van der Waals surface area contributed by atoms with E-state index in [1.807, 2.05) is 43.3 Å². The third-order valence-corrected chi connectivity index (χ3v) is 3.81. The molecule has 0 saturated heterocycles. The van der Waals surface area contributed by atoms with Gasteiger partial charge in [0.05, 0.1) is 5.52 Å². The van der Waals surface area contributed by atoms with Crippen molar-refractivity contribution in [3.8, 4) is 23.3 Å². The van der Waals surface area contributed by atoms with Crippen molar-refractivity contribution in [2.24, 2.45) is 0 Å². The van der Waals surface area contributed by atoms with Crippen LogP contribution in [0.15, 0.2) is 48.5 Å². The van der Waals surface area contributed by atoms with Crippen molar-refractivity contribution in [1.29, 1.82) is 0 Å². The van der Waals surface area contributed by atoms with Crippen molar-refractivity contribution in [2.75, 3.05) is 11.9 Å². The summed E-state index contributed by atoms with van der Waals surface area (Å²) in [6, 6.07) is 14.7. The number of rotatable bonds is 6. The lowest BCUT2D eigenvalue weighted by Crippen LogP contribution is -2.30. The Morgan fingerprint density at radius 3 is 2.78 bits per heavy atom. The average Bonchev–Trinajstić information content (AvgIpc) is 3.08. The lowest BCUT2D eigenvalue weighted by Gasteiger charge is -2.13. The summed E-state index contributed by atoms with van der Waals surface area (Å²) in [5, 5.41) is 10.7. The Balaban J connectivity index is 1.65. The number of fused-ring (bicyclic) bond motifs is 1. The van der Waals surface area contributed by atoms with Crippen molar-refractivity contribution >= 4 is 22.6 Å². The van der Waals surface area contributed by atoms with Gasteiger partial charge in [0.2, 0.25) is 0 Å². The molecule has 3 rings (SSSR count). The largest absolute Gasteiger partial charge is 0.481 e. The number of hydrogen-bond acceptors (Lipinski definition) is 4. The van der Waals surface area contributed by atoms with Crippen LogP contribution in [-0.4, -0.2) is 28.8 Å². The van der Waals surface area contributed by atoms with Crippen LogP contribution in [0.3, 0.4) is 0 Å². The van der Waals surface area contributed by atoms with Crippen LogP contribution in [0, 0.1) is 11.8 Å². The number of para-hydroxylation sites is 1. The monoisotopic (exact) mass is 363 g/mol. The Bertz CT molecular complexity index is 970. The summed E-state index contributed by atoms with van der Waals surface area (Å²) < 4.78 is 11.2. The first-order valence-corrected chi connectivity index (χ1v) is 8.76. The van der Waals surface area contributed by atoms with Gasteiger partial charge in [-0.05, 0) is 31.2 Å². The van der Waals surface area contributed by atoms with Crippen molar-refractivity contribution in [3.05, 3.63) is 48.5 Å². The van der Waals surface area contributed by atoms with Crippen molar-refractivity contribution < 1.29 is 14.3 Å². The minimum absolute atomic E-state index is 0.276. The maximum absolute atomic E-state index is 12.4. The summed E-state index contributed by atoms with van der Waals surface area (Å²) >= 11 is 0. The molecule has 0 bridgehead atoms. The molecule has 0 aliphatic rings. The molecule has 2 N–H and O–H groups in total. The first-order chi connectivity index (χ1) is 13.2. The fourth-order valence-electron chi connectivity index (χ4n) is 2.45. The van der Waals surface area contributed by atoms with E-state index in [0.717, 1.165) is 17.3 Å². The highest BCUT2D eigenvalue weighted by Crippen LogP contribution is 2.25. The van der Waals surface area contributed by atoms with E-state index in [2.05, 4.69) is 27.4 Å². The van der Waals surface area contributed by atoms with Gasteiger partial charge in [0.25, 0.3) is 5.91 Å². The van der Waals surface area contributed by atoms with Gasteiger partial charge in [0.1, 0.15) is 18.1 Å². The minimum atomic E-state index is -0.654. The molecule has 2 aromatic carbocycles. The van der Waals surface area contributed by atoms with Gasteiger partial charge in [0, 0.05) is 17.9 Å². The van der Waals surface area contributed by atoms with Gasteiger partial charge in [-0.1, -0.05) is 31.0 Å². The molecule has 1 aromatic heterocycles. The Morgan fingerprint density at radius 2 is 2.00 bits per heavy atom. The van der Waals surface area contributed by atoms with E-state index < -0.39 is 6.10 Å². The predicted molar refractivity (Wildman–Crippen MR) is 105 cm³/mol. The van der Waals surface area contributed by atoms with Gasteiger partial charge in [-0.15, -0.1) is 5.92 Å². The molecule has 6 nitrogen and oxygen atoms in total. The number of hydrogen-bond donors (Lipinski definition) is 2. The number of nitrogens with zero attached hydrogens (tertiary/aromatic N) is 1. The molecule has 1 atom stereocenters. The number of H-pyrrole nitrogens is 1. The van der Waals surface area contributed by atoms with E-state index in [4.69, 9.17) is 9.47 Å². The van der Waals surface area contributed by atoms with Gasteiger partial charge < -0.3 is 14.8 Å². The van der Waals surface area contributed by atoms with E-state index in [0.29, 0.717) is 23.9 Å². The zero-order valence-electron chi connectivity index (χ0n) is 15.3. The second kappa shape index (κ2) is 8.77. The molecular formula is C21H21N3O3. The standard InChI is InChI=1S/C21H21N3O3/c1-3-4-8-13-26-17-11-12-18-19(14-17)23-24-20(18)22-21(25)15(2)27-16-9-6-5-7-10-16/h5-7,9-12,14-15H,3,13H2,1-2H3,(H2,22,23,24,25). The highest BCUT2D eigenvalue weighted by Gasteiger charge is 2.17. The highest BCUT2D eigenvalue weighted by atomic mass is 16.5. The second-order valence-electron chi connectivity index (χ2n) is 5.84. The van der Waals surface area contributed by atoms with E-state index in [1.165, 1.54) is 0 Å². The normalized spacial score (nSPS) is 11.3. The molecular weight excluding hydrogens is 342 g/mol. The molecule has 0 aliphatic heterocycles. The number of nitrogens with one attached hydrogen (secondary N) is 2. The van der Waals surface area contributed by atoms with Crippen molar-refractivity contribution in [3.63, 3.8) is 0 Å². The molecule has 6 heteroatoms. The fraction of sp³-hybridized carbons (Fsp3) is 0.238. The molecule has 3 aromatic rings. The Kier molecular flexibility index (Phi) is 5.95. The van der Waals surface area contributed by atoms with Crippen LogP contribution >= 0.6 is 0 Å². The summed E-state index contributed by atoms with van der Waals surface area (Å²) in [7, 11) is 0. The van der Waals surface area contributed by atoms with E-state index in [1.54, 1.807) is 19.1 Å². The Labute approximate surface area is 157 Å². The first-order valence-electron chi connectivity index (χ1n) is 8.76. The van der Waals surface area contributed by atoms with E-state index in [-0.39, 0.29) is 5.91 Å². The SMILES string of the molecule is CCC#CCOc1ccc2c(NC(=O)C(C)Oc3ccccc3)n[nH]c2c1. The van der Waals surface area contributed by atoms with Gasteiger partial charge in [0.15, 0.2) is 11.9 Å². The van der Waals surface area contributed by atoms with E-state index >= 15 is 0 Å². The summed E-state index contributed by atoms with van der Waals surface area (Å²) in [5.41, 5.74) is 0.767. The molecule has 0 radical (unpaired) electrons. The van der Waals surface area contributed by atoms with Crippen LogP contribution in [0.4, 0.5) is 5.82 Å². The summed E-state index contributed by atoms with van der Waals surface area (Å²) in [6.45, 7) is 4.02. The number of carbonyl (C=O) groups excluding carboxylic acids is 1. The van der Waals surface area contributed by atoms with Gasteiger partial charge in [-0.3, -0.25) is 9.89 Å². The molecule has 138 valence electrons. The quantitative estimate of drug-likeness (QED) is 0.654. The summed E-state index contributed by atoms with van der Waals surface area (Å²) in [4.78, 5) is 12.4. The lowest BCUT2D eigenvalue weighted by atomic mass is 10.2. The Hall–Kier alpha value is -3.46. The van der Waals surface area contributed by atoms with E-state index in [9.17, 15) is 4.79 Å². The van der Waals surface area contributed by atoms with Crippen molar-refractivity contribution in [2.45, 2.75) is 26.4 Å². The molecule has 27 heavy (non-hydrogen) atoms. The topological polar surface area (TPSA) is 76.2 Å². The van der Waals surface area contributed by atoms with Crippen LogP contribution < -0.4 is 14.8 Å².